The molecule has 7 N–H and O–H groups in total. The largest absolute Gasteiger partial charge is 0.612 e. The summed E-state index contributed by atoms with van der Waals surface area (Å²) < 4.78 is 45.3. The molecule has 0 saturated heterocycles. The molecule has 0 aromatic carbocycles. The van der Waals surface area contributed by atoms with Gasteiger partial charge in [0.05, 0.1) is 6.61 Å². The molecule has 1 aliphatic carbocycles. The normalized spacial score (nSPS) is 32.0. The minimum absolute atomic E-state index is 0.642. The van der Waals surface area contributed by atoms with Gasteiger partial charge in [-0.1, -0.05) is 13.2 Å². The Morgan fingerprint density at radius 1 is 0.839 bits per heavy atom. The van der Waals surface area contributed by atoms with Crippen LogP contribution in [0, 0.1) is 0 Å². The van der Waals surface area contributed by atoms with Crippen molar-refractivity contribution < 1.29 is 77.5 Å². The number of hydrogen-bond acceptors (Lipinski definition) is 13. The second kappa shape index (κ2) is 11.0. The summed E-state index contributed by atoms with van der Waals surface area (Å²) in [5.41, 5.74) is 0. The van der Waals surface area contributed by atoms with Crippen molar-refractivity contribution in [2.45, 2.75) is 42.7 Å². The zero-order valence-corrected chi connectivity index (χ0v) is 17.4. The van der Waals surface area contributed by atoms with Crippen LogP contribution in [-0.4, -0.2) is 91.0 Å². The first-order chi connectivity index (χ1) is 14.0. The topological polar surface area (TPSA) is 268 Å². The third-order valence-electron chi connectivity index (χ3n) is 3.71. The number of rotatable bonds is 12. The standard InChI is InChI=1S/C13H24O16P2/c1-5(14)25-3-7(27-6(2)15)4-26-31(23,24)29-13-10(18)8(16)12(9(17)11(13)19)28-30(20,21)22/h7-19H,1-4H2,(H,23,24)(H2,20,21,22)/p-2/t7-,8-,9+,10-,11-,12?,13?/m1/s1. The quantitative estimate of drug-likeness (QED) is 0.0990. The average Bonchev–Trinajstić information content (AvgIpc) is 2.62. The first-order valence-corrected chi connectivity index (χ1v) is 11.2. The van der Waals surface area contributed by atoms with Crippen molar-refractivity contribution in [3.8, 4) is 0 Å². The van der Waals surface area contributed by atoms with Gasteiger partial charge >= 0.3 is 15.6 Å². The molecule has 0 amide bonds. The summed E-state index contributed by atoms with van der Waals surface area (Å²) >= 11 is 0. The van der Waals surface area contributed by atoms with Gasteiger partial charge in [-0.15, -0.1) is 0 Å². The maximum absolute atomic E-state index is 12.1. The van der Waals surface area contributed by atoms with Gasteiger partial charge in [0.25, 0.3) is 0 Å². The molecule has 3 unspecified atom stereocenters. The Morgan fingerprint density at radius 3 is 1.68 bits per heavy atom. The van der Waals surface area contributed by atoms with Gasteiger partial charge < -0.3 is 54.8 Å². The summed E-state index contributed by atoms with van der Waals surface area (Å²) in [6.45, 7) is 4.23. The lowest BCUT2D eigenvalue weighted by atomic mass is 9.85. The van der Waals surface area contributed by atoms with E-state index < -0.39 is 83.5 Å². The minimum Gasteiger partial charge on any atom is -0.612 e. The Balaban J connectivity index is 2.84. The molecule has 1 fully saturated rings. The van der Waals surface area contributed by atoms with E-state index in [2.05, 4.69) is 36.2 Å². The molecule has 31 heavy (non-hydrogen) atoms. The zero-order chi connectivity index (χ0) is 24.1. The minimum atomic E-state index is -5.27. The van der Waals surface area contributed by atoms with E-state index >= 15 is 0 Å². The highest BCUT2D eigenvalue weighted by Gasteiger charge is 2.54. The van der Waals surface area contributed by atoms with E-state index in [0.717, 1.165) is 0 Å². The number of phosphoric acid groups is 2. The van der Waals surface area contributed by atoms with Crippen molar-refractivity contribution in [3.05, 3.63) is 25.0 Å². The van der Waals surface area contributed by atoms with Crippen LogP contribution in [0.5, 0.6) is 0 Å². The van der Waals surface area contributed by atoms with Crippen LogP contribution in [0.2, 0.25) is 0 Å². The lowest BCUT2D eigenvalue weighted by molar-refractivity contribution is -0.374. The Morgan fingerprint density at radius 2 is 1.29 bits per heavy atom. The fourth-order valence-electron chi connectivity index (χ4n) is 2.44. The molecule has 0 aromatic rings. The van der Waals surface area contributed by atoms with E-state index in [1.54, 1.807) is 0 Å². The number of aliphatic hydroxyl groups excluding tert-OH is 4. The molecule has 0 radical (unpaired) electrons. The van der Waals surface area contributed by atoms with Crippen molar-refractivity contribution in [2.24, 2.45) is 0 Å². The lowest BCUT2D eigenvalue weighted by Gasteiger charge is -2.43. The molecular weight excluding hydrogens is 474 g/mol. The predicted octanol–water partition coefficient (Wildman–Crippen LogP) is -4.51. The predicted molar refractivity (Wildman–Crippen MR) is 90.7 cm³/mol. The fraction of sp³-hybridized carbons (Fsp3) is 0.692. The maximum Gasteiger partial charge on any atom is 0.472 e. The van der Waals surface area contributed by atoms with Crippen LogP contribution in [0.4, 0.5) is 0 Å². The molecule has 1 aliphatic rings. The Labute approximate surface area is 175 Å². The second-order valence-corrected chi connectivity index (χ2v) is 8.75. The first kappa shape index (κ1) is 27.8. The average molecular weight is 496 g/mol. The van der Waals surface area contributed by atoms with Gasteiger partial charge in [0.15, 0.2) is 0 Å². The maximum atomic E-state index is 12.1. The highest BCUT2D eigenvalue weighted by Crippen LogP contribution is 2.48. The Hall–Kier alpha value is -1.26. The third kappa shape index (κ3) is 9.02. The van der Waals surface area contributed by atoms with Crippen molar-refractivity contribution >= 4 is 15.6 Å². The second-order valence-electron chi connectivity index (χ2n) is 6.15. The zero-order valence-electron chi connectivity index (χ0n) is 15.6. The number of aliphatic hydroxyl groups is 4. The van der Waals surface area contributed by atoms with E-state index in [-0.39, 0.29) is 0 Å². The molecule has 1 saturated carbocycles. The summed E-state index contributed by atoms with van der Waals surface area (Å²) in [6, 6.07) is 0. The third-order valence-corrected chi connectivity index (χ3v) is 5.22. The van der Waals surface area contributed by atoms with Crippen molar-refractivity contribution in [2.75, 3.05) is 13.2 Å². The number of phosphoric ester groups is 2. The van der Waals surface area contributed by atoms with E-state index in [4.69, 9.17) is 9.79 Å². The molecular formula is C13H22O16P2-2. The highest BCUT2D eigenvalue weighted by molar-refractivity contribution is 7.47. The number of hydrogen-bond donors (Lipinski definition) is 7. The van der Waals surface area contributed by atoms with E-state index in [9.17, 15) is 44.7 Å². The summed E-state index contributed by atoms with van der Waals surface area (Å²) in [4.78, 5) is 27.4. The molecule has 0 bridgehead atoms. The SMILES string of the molecule is C=C([O-])OC[C@H](COP(=O)(O)OC1[C@H](O)[C@H](O)C(OP(=O)(O)O)[C@H](O)[C@H]1O)OC(=C)[O-]. The fourth-order valence-corrected chi connectivity index (χ4v) is 3.98. The van der Waals surface area contributed by atoms with Crippen LogP contribution in [0.25, 0.3) is 0 Å². The van der Waals surface area contributed by atoms with Crippen molar-refractivity contribution in [1.82, 2.24) is 0 Å². The first-order valence-electron chi connectivity index (χ1n) is 8.17. The van der Waals surface area contributed by atoms with Gasteiger partial charge in [0, 0.05) is 24.6 Å². The smallest absolute Gasteiger partial charge is 0.472 e. The summed E-state index contributed by atoms with van der Waals surface area (Å²) in [5.74, 6) is -2.13. The van der Waals surface area contributed by atoms with Gasteiger partial charge in [0.1, 0.15) is 36.6 Å². The molecule has 1 rings (SSSR count). The summed E-state index contributed by atoms with van der Waals surface area (Å²) in [5, 5.41) is 61.4. The van der Waals surface area contributed by atoms with E-state index in [0.29, 0.717) is 0 Å². The Bertz CT molecular complexity index is 706. The summed E-state index contributed by atoms with van der Waals surface area (Å²) in [6.07, 6.45) is -14.9. The van der Waals surface area contributed by atoms with Crippen LogP contribution < -0.4 is 10.2 Å². The van der Waals surface area contributed by atoms with Crippen LogP contribution in [0.3, 0.4) is 0 Å². The monoisotopic (exact) mass is 496 g/mol. The van der Waals surface area contributed by atoms with Gasteiger partial charge in [-0.05, 0) is 0 Å². The molecule has 182 valence electrons. The molecule has 0 heterocycles. The van der Waals surface area contributed by atoms with Crippen molar-refractivity contribution in [1.29, 1.82) is 0 Å². The van der Waals surface area contributed by atoms with Crippen LogP contribution in [-0.2, 0) is 32.2 Å². The van der Waals surface area contributed by atoms with Crippen molar-refractivity contribution in [3.63, 3.8) is 0 Å². The molecule has 0 aromatic heterocycles. The van der Waals surface area contributed by atoms with Gasteiger partial charge in [0.2, 0.25) is 0 Å². The molecule has 0 spiro atoms. The van der Waals surface area contributed by atoms with Crippen LogP contribution in [0.15, 0.2) is 25.0 Å². The summed E-state index contributed by atoms with van der Waals surface area (Å²) in [7, 11) is -10.5. The lowest BCUT2D eigenvalue weighted by Crippen LogP contribution is -2.64. The van der Waals surface area contributed by atoms with Crippen LogP contribution >= 0.6 is 15.6 Å². The van der Waals surface area contributed by atoms with E-state index in [1.807, 2.05) is 0 Å². The van der Waals surface area contributed by atoms with Gasteiger partial charge in [-0.2, -0.15) is 0 Å². The van der Waals surface area contributed by atoms with Gasteiger partial charge in [-0.3, -0.25) is 13.6 Å². The molecule has 16 nitrogen and oxygen atoms in total. The van der Waals surface area contributed by atoms with E-state index in [1.165, 1.54) is 0 Å². The number of ether oxygens (including phenoxy) is 2. The molecule has 8 atom stereocenters. The molecule has 18 heteroatoms. The Kier molecular flexibility index (Phi) is 9.90. The highest BCUT2D eigenvalue weighted by atomic mass is 31.2. The van der Waals surface area contributed by atoms with Crippen LogP contribution in [0.1, 0.15) is 0 Å². The molecule has 0 aliphatic heterocycles. The van der Waals surface area contributed by atoms with Gasteiger partial charge in [-0.25, -0.2) is 9.13 Å².